The summed E-state index contributed by atoms with van der Waals surface area (Å²) in [5, 5.41) is 1.73. The number of benzene rings is 2. The van der Waals surface area contributed by atoms with E-state index >= 15 is 0 Å². The Morgan fingerprint density at radius 1 is 1.13 bits per heavy atom. The first kappa shape index (κ1) is 23.8. The Morgan fingerprint density at radius 2 is 1.74 bits per heavy atom. The maximum atomic E-state index is 13.7. The van der Waals surface area contributed by atoms with Crippen LogP contribution in [0, 0.1) is 5.92 Å². The third kappa shape index (κ3) is 4.83. The van der Waals surface area contributed by atoms with Crippen LogP contribution >= 0.6 is 11.6 Å². The SMILES string of the molecule is C=CC(C(C)C)S(=O)(=O)C1CC(c2ccc(Cl)cc2)C(c2ccccc2C(F)(F)F)N1. The van der Waals surface area contributed by atoms with Crippen LogP contribution in [0.1, 0.15) is 48.9 Å². The molecule has 1 heterocycles. The van der Waals surface area contributed by atoms with Crippen LogP contribution in [-0.2, 0) is 16.0 Å². The summed E-state index contributed by atoms with van der Waals surface area (Å²) >= 11 is 5.98. The molecule has 3 rings (SSSR count). The molecule has 0 aliphatic carbocycles. The van der Waals surface area contributed by atoms with E-state index in [0.29, 0.717) is 5.02 Å². The van der Waals surface area contributed by atoms with Gasteiger partial charge in [-0.2, -0.15) is 13.2 Å². The van der Waals surface area contributed by atoms with E-state index in [4.69, 9.17) is 11.6 Å². The molecule has 1 aliphatic heterocycles. The van der Waals surface area contributed by atoms with E-state index in [1.807, 2.05) is 0 Å². The second kappa shape index (κ2) is 8.96. The molecule has 0 bridgehead atoms. The van der Waals surface area contributed by atoms with Gasteiger partial charge in [-0.25, -0.2) is 8.42 Å². The van der Waals surface area contributed by atoms with Gasteiger partial charge in [-0.3, -0.25) is 5.32 Å². The molecule has 1 aliphatic rings. The topological polar surface area (TPSA) is 46.2 Å². The predicted molar refractivity (Wildman–Crippen MR) is 118 cm³/mol. The van der Waals surface area contributed by atoms with Crippen LogP contribution in [0.2, 0.25) is 5.02 Å². The summed E-state index contributed by atoms with van der Waals surface area (Å²) in [6.45, 7) is 7.23. The van der Waals surface area contributed by atoms with Gasteiger partial charge in [-0.1, -0.05) is 61.9 Å². The quantitative estimate of drug-likeness (QED) is 0.515. The molecule has 3 nitrogen and oxygen atoms in total. The minimum Gasteiger partial charge on any atom is -0.294 e. The van der Waals surface area contributed by atoms with E-state index in [-0.39, 0.29) is 17.9 Å². The minimum absolute atomic E-state index is 0.0346. The highest BCUT2D eigenvalue weighted by atomic mass is 35.5. The Kier molecular flexibility index (Phi) is 6.89. The van der Waals surface area contributed by atoms with Crippen molar-refractivity contribution < 1.29 is 21.6 Å². The molecular weight excluding hydrogens is 447 g/mol. The number of rotatable bonds is 6. The van der Waals surface area contributed by atoms with Gasteiger partial charge in [0, 0.05) is 17.0 Å². The van der Waals surface area contributed by atoms with Gasteiger partial charge in [-0.05, 0) is 41.7 Å². The summed E-state index contributed by atoms with van der Waals surface area (Å²) in [5.41, 5.74) is -0.00253. The van der Waals surface area contributed by atoms with Gasteiger partial charge in [-0.15, -0.1) is 6.58 Å². The average molecular weight is 472 g/mol. The highest BCUT2D eigenvalue weighted by Gasteiger charge is 2.46. The van der Waals surface area contributed by atoms with Crippen molar-refractivity contribution in [1.82, 2.24) is 5.32 Å². The van der Waals surface area contributed by atoms with Crippen molar-refractivity contribution in [3.63, 3.8) is 0 Å². The van der Waals surface area contributed by atoms with E-state index in [9.17, 15) is 21.6 Å². The van der Waals surface area contributed by atoms with Crippen LogP contribution in [-0.4, -0.2) is 19.0 Å². The molecular formula is C23H25ClF3NO2S. The van der Waals surface area contributed by atoms with Crippen LogP contribution in [0.25, 0.3) is 0 Å². The summed E-state index contributed by atoms with van der Waals surface area (Å²) < 4.78 is 67.8. The summed E-state index contributed by atoms with van der Waals surface area (Å²) in [5.74, 6) is -0.682. The minimum atomic E-state index is -4.55. The molecule has 2 aromatic rings. The first-order valence-electron chi connectivity index (χ1n) is 9.99. The smallest absolute Gasteiger partial charge is 0.294 e. The van der Waals surface area contributed by atoms with E-state index in [1.54, 1.807) is 38.1 Å². The van der Waals surface area contributed by atoms with Crippen molar-refractivity contribution in [1.29, 1.82) is 0 Å². The van der Waals surface area contributed by atoms with Gasteiger partial charge in [0.15, 0.2) is 9.84 Å². The van der Waals surface area contributed by atoms with E-state index < -0.39 is 44.2 Å². The molecule has 2 aromatic carbocycles. The average Bonchev–Trinajstić information content (AvgIpc) is 3.14. The maximum Gasteiger partial charge on any atom is 0.416 e. The Bertz CT molecular complexity index is 1040. The van der Waals surface area contributed by atoms with Crippen molar-refractivity contribution in [2.24, 2.45) is 5.92 Å². The molecule has 8 heteroatoms. The summed E-state index contributed by atoms with van der Waals surface area (Å²) in [4.78, 5) is 0. The Labute approximate surface area is 186 Å². The van der Waals surface area contributed by atoms with Crippen LogP contribution < -0.4 is 5.32 Å². The highest BCUT2D eigenvalue weighted by Crippen LogP contribution is 2.46. The van der Waals surface area contributed by atoms with Crippen LogP contribution in [0.4, 0.5) is 13.2 Å². The molecule has 4 unspecified atom stereocenters. The van der Waals surface area contributed by atoms with E-state index in [0.717, 1.165) is 11.6 Å². The third-order valence-corrected chi connectivity index (χ3v) is 8.67. The normalized spacial score (nSPS) is 23.1. The zero-order chi connectivity index (χ0) is 23.0. The lowest BCUT2D eigenvalue weighted by Gasteiger charge is -2.25. The summed E-state index contributed by atoms with van der Waals surface area (Å²) in [6, 6.07) is 11.3. The third-order valence-electron chi connectivity index (χ3n) is 5.80. The van der Waals surface area contributed by atoms with Gasteiger partial charge < -0.3 is 0 Å². The molecule has 0 saturated carbocycles. The first-order chi connectivity index (χ1) is 14.5. The Morgan fingerprint density at radius 3 is 2.29 bits per heavy atom. The van der Waals surface area contributed by atoms with Crippen LogP contribution in [0.3, 0.4) is 0 Å². The van der Waals surface area contributed by atoms with Gasteiger partial charge in [0.1, 0.15) is 5.37 Å². The number of hydrogen-bond donors (Lipinski definition) is 1. The molecule has 31 heavy (non-hydrogen) atoms. The molecule has 0 radical (unpaired) electrons. The summed E-state index contributed by atoms with van der Waals surface area (Å²) in [6.07, 6.45) is -3.00. The fourth-order valence-electron chi connectivity index (χ4n) is 4.33. The largest absolute Gasteiger partial charge is 0.416 e. The zero-order valence-corrected chi connectivity index (χ0v) is 18.8. The fourth-order valence-corrected chi connectivity index (χ4v) is 6.67. The molecule has 1 saturated heterocycles. The van der Waals surface area contributed by atoms with Crippen molar-refractivity contribution in [3.8, 4) is 0 Å². The number of halogens is 4. The van der Waals surface area contributed by atoms with Gasteiger partial charge in [0.2, 0.25) is 0 Å². The molecule has 0 amide bonds. The Hall–Kier alpha value is -1.83. The lowest BCUT2D eigenvalue weighted by atomic mass is 9.86. The number of nitrogens with one attached hydrogen (secondary N) is 1. The Balaban J connectivity index is 2.10. The zero-order valence-electron chi connectivity index (χ0n) is 17.2. The first-order valence-corrected chi connectivity index (χ1v) is 12.0. The molecule has 4 atom stereocenters. The standard InChI is InChI=1S/C23H25ClF3NO2S/c1-4-20(14(2)3)31(29,30)21-13-18(15-9-11-16(24)12-10-15)22(28-21)17-7-5-6-8-19(17)23(25,26)27/h4-12,14,18,20-22,28H,1,13H2,2-3H3. The number of sulfone groups is 1. The molecule has 168 valence electrons. The highest BCUT2D eigenvalue weighted by molar-refractivity contribution is 7.92. The molecule has 1 fully saturated rings. The fraction of sp³-hybridized carbons (Fsp3) is 0.391. The van der Waals surface area contributed by atoms with Crippen molar-refractivity contribution >= 4 is 21.4 Å². The predicted octanol–water partition coefficient (Wildman–Crippen LogP) is 6.13. The second-order valence-electron chi connectivity index (χ2n) is 8.15. The van der Waals surface area contributed by atoms with E-state index in [1.165, 1.54) is 24.3 Å². The molecule has 0 aromatic heterocycles. The lowest BCUT2D eigenvalue weighted by Crippen LogP contribution is -2.40. The van der Waals surface area contributed by atoms with E-state index in [2.05, 4.69) is 11.9 Å². The monoisotopic (exact) mass is 471 g/mol. The van der Waals surface area contributed by atoms with Crippen molar-refractivity contribution in [3.05, 3.63) is 82.9 Å². The number of hydrogen-bond acceptors (Lipinski definition) is 3. The van der Waals surface area contributed by atoms with Crippen molar-refractivity contribution in [2.45, 2.75) is 49.0 Å². The maximum absolute atomic E-state index is 13.7. The van der Waals surface area contributed by atoms with Crippen LogP contribution in [0.15, 0.2) is 61.2 Å². The van der Waals surface area contributed by atoms with Gasteiger partial charge >= 0.3 is 6.18 Å². The van der Waals surface area contributed by atoms with Gasteiger partial charge in [0.25, 0.3) is 0 Å². The summed E-state index contributed by atoms with van der Waals surface area (Å²) in [7, 11) is -3.72. The number of alkyl halides is 3. The van der Waals surface area contributed by atoms with Crippen molar-refractivity contribution in [2.75, 3.05) is 0 Å². The second-order valence-corrected chi connectivity index (χ2v) is 10.9. The van der Waals surface area contributed by atoms with Crippen LogP contribution in [0.5, 0.6) is 0 Å². The molecule has 0 spiro atoms. The lowest BCUT2D eigenvalue weighted by molar-refractivity contribution is -0.138. The molecule has 1 N–H and O–H groups in total. The van der Waals surface area contributed by atoms with Gasteiger partial charge in [0.05, 0.1) is 10.8 Å².